The van der Waals surface area contributed by atoms with Crippen molar-refractivity contribution < 1.29 is 9.72 Å². The fraction of sp³-hybridized carbons (Fsp3) is 0.714. The molecule has 0 unspecified atom stereocenters. The number of nitrogens with zero attached hydrogens (tertiary/aromatic N) is 5. The van der Waals surface area contributed by atoms with E-state index in [1.54, 1.807) is 4.90 Å². The number of piperidine rings is 1. The fourth-order valence-corrected chi connectivity index (χ4v) is 2.64. The van der Waals surface area contributed by atoms with E-state index < -0.39 is 4.92 Å². The van der Waals surface area contributed by atoms with Crippen LogP contribution in [0.15, 0.2) is 12.3 Å². The minimum Gasteiger partial charge on any atom is -0.358 e. The van der Waals surface area contributed by atoms with Gasteiger partial charge in [0.25, 0.3) is 0 Å². The van der Waals surface area contributed by atoms with Gasteiger partial charge in [0.2, 0.25) is 5.91 Å². The number of hydrogen-bond acceptors (Lipinski definition) is 5. The normalized spacial score (nSPS) is 16.9. The first-order valence-electron chi connectivity index (χ1n) is 7.55. The molecule has 0 radical (unpaired) electrons. The molecule has 1 amide bonds. The molecule has 1 aliphatic rings. The van der Waals surface area contributed by atoms with Gasteiger partial charge in [0.1, 0.15) is 0 Å². The van der Waals surface area contributed by atoms with E-state index in [4.69, 9.17) is 0 Å². The lowest BCUT2D eigenvalue weighted by atomic mass is 9.95. The van der Waals surface area contributed by atoms with Gasteiger partial charge in [0, 0.05) is 32.1 Å². The first-order valence-corrected chi connectivity index (χ1v) is 7.55. The van der Waals surface area contributed by atoms with Gasteiger partial charge in [0.05, 0.1) is 12.3 Å². The van der Waals surface area contributed by atoms with Crippen LogP contribution in [0, 0.1) is 16.0 Å². The monoisotopic (exact) mass is 309 g/mol. The summed E-state index contributed by atoms with van der Waals surface area (Å²) in [7, 11) is 1.84. The number of rotatable bonds is 5. The summed E-state index contributed by atoms with van der Waals surface area (Å²) in [5, 5.41) is 14.9. The molecular formula is C14H23N5O3. The van der Waals surface area contributed by atoms with Crippen LogP contribution in [-0.2, 0) is 11.5 Å². The van der Waals surface area contributed by atoms with Gasteiger partial charge in [-0.1, -0.05) is 5.10 Å². The van der Waals surface area contributed by atoms with Crippen LogP contribution in [0.1, 0.15) is 26.7 Å². The molecule has 8 heteroatoms. The fourth-order valence-electron chi connectivity index (χ4n) is 2.64. The van der Waals surface area contributed by atoms with Gasteiger partial charge < -0.3 is 15.0 Å². The number of carbonyl (C=O) groups excluding carboxylic acids is 1. The molecule has 2 heterocycles. The molecule has 0 aliphatic carbocycles. The molecule has 0 bridgehead atoms. The van der Waals surface area contributed by atoms with Crippen molar-refractivity contribution in [2.75, 3.05) is 20.1 Å². The zero-order valence-electron chi connectivity index (χ0n) is 13.3. The summed E-state index contributed by atoms with van der Waals surface area (Å²) in [6.07, 6.45) is 3.00. The van der Waals surface area contributed by atoms with E-state index in [1.165, 1.54) is 16.9 Å². The predicted molar refractivity (Wildman–Crippen MR) is 81.1 cm³/mol. The third-order valence-electron chi connectivity index (χ3n) is 4.27. The highest BCUT2D eigenvalue weighted by Gasteiger charge is 2.29. The van der Waals surface area contributed by atoms with Crippen molar-refractivity contribution in [3.8, 4) is 0 Å². The summed E-state index contributed by atoms with van der Waals surface area (Å²) in [4.78, 5) is 26.6. The van der Waals surface area contributed by atoms with Crippen LogP contribution in [0.2, 0.25) is 0 Å². The highest BCUT2D eigenvalue weighted by Crippen LogP contribution is 2.21. The van der Waals surface area contributed by atoms with Crippen LogP contribution >= 0.6 is 0 Å². The molecule has 0 atom stereocenters. The van der Waals surface area contributed by atoms with Crippen LogP contribution in [0.4, 0.5) is 5.82 Å². The first-order chi connectivity index (χ1) is 10.4. The zero-order valence-corrected chi connectivity index (χ0v) is 13.3. The molecule has 1 aromatic heterocycles. The summed E-state index contributed by atoms with van der Waals surface area (Å²) in [6, 6.07) is 1.60. The summed E-state index contributed by atoms with van der Waals surface area (Å²) in [5.41, 5.74) is 0. The van der Waals surface area contributed by atoms with Crippen molar-refractivity contribution in [3.05, 3.63) is 22.4 Å². The minimum atomic E-state index is -0.430. The molecule has 0 aromatic carbocycles. The Hall–Kier alpha value is -1.96. The smallest absolute Gasteiger partial charge is 0.346 e. The van der Waals surface area contributed by atoms with E-state index in [2.05, 4.69) is 10.00 Å². The molecular weight excluding hydrogens is 286 g/mol. The predicted octanol–water partition coefficient (Wildman–Crippen LogP) is 1.33. The lowest BCUT2D eigenvalue weighted by molar-refractivity contribution is -0.393. The Kier molecular flexibility index (Phi) is 5.12. The van der Waals surface area contributed by atoms with Gasteiger partial charge >= 0.3 is 5.82 Å². The highest BCUT2D eigenvalue weighted by atomic mass is 16.6. The maximum atomic E-state index is 12.3. The standard InChI is InChI=1S/C14H23N5O3/c1-11(2)16(3)14(20)12-5-8-17(9-6-12)10-18-13(19(21)22)4-7-15-18/h4,7,11-12H,5-6,8-10H2,1-3H3. The van der Waals surface area contributed by atoms with E-state index in [-0.39, 0.29) is 23.7 Å². The Balaban J connectivity index is 1.88. The van der Waals surface area contributed by atoms with E-state index in [1.807, 2.05) is 20.9 Å². The Morgan fingerprint density at radius 2 is 2.14 bits per heavy atom. The second kappa shape index (κ2) is 6.87. The molecule has 1 fully saturated rings. The number of aromatic nitrogens is 2. The highest BCUT2D eigenvalue weighted by molar-refractivity contribution is 5.78. The number of likely N-dealkylation sites (tertiary alicyclic amines) is 1. The van der Waals surface area contributed by atoms with E-state index >= 15 is 0 Å². The number of carbonyl (C=O) groups is 1. The average Bonchev–Trinajstić information content (AvgIpc) is 2.94. The molecule has 2 rings (SSSR count). The molecule has 8 nitrogen and oxygen atoms in total. The molecule has 0 spiro atoms. The second-order valence-electron chi connectivity index (χ2n) is 6.02. The van der Waals surface area contributed by atoms with Crippen molar-refractivity contribution in [2.24, 2.45) is 5.92 Å². The van der Waals surface area contributed by atoms with Crippen molar-refractivity contribution in [1.82, 2.24) is 19.6 Å². The van der Waals surface area contributed by atoms with E-state index in [0.29, 0.717) is 6.67 Å². The molecule has 22 heavy (non-hydrogen) atoms. The van der Waals surface area contributed by atoms with Crippen LogP contribution in [-0.4, -0.2) is 56.6 Å². The summed E-state index contributed by atoms with van der Waals surface area (Å²) in [6.45, 7) is 5.90. The van der Waals surface area contributed by atoms with Crippen molar-refractivity contribution in [1.29, 1.82) is 0 Å². The van der Waals surface area contributed by atoms with Gasteiger partial charge in [0.15, 0.2) is 6.67 Å². The third kappa shape index (κ3) is 3.62. The SMILES string of the molecule is CC(C)N(C)C(=O)C1CCN(Cn2nccc2[N+](=O)[O-])CC1. The summed E-state index contributed by atoms with van der Waals surface area (Å²) in [5.74, 6) is 0.244. The first kappa shape index (κ1) is 16.4. The third-order valence-corrected chi connectivity index (χ3v) is 4.27. The largest absolute Gasteiger partial charge is 0.358 e. The Bertz CT molecular complexity index is 534. The van der Waals surface area contributed by atoms with Crippen molar-refractivity contribution >= 4 is 11.7 Å². The molecule has 0 saturated carbocycles. The minimum absolute atomic E-state index is 0.00209. The van der Waals surface area contributed by atoms with Crippen molar-refractivity contribution in [3.63, 3.8) is 0 Å². The van der Waals surface area contributed by atoms with Gasteiger partial charge in [-0.05, 0) is 31.6 Å². The van der Waals surface area contributed by atoms with Crippen molar-refractivity contribution in [2.45, 2.75) is 39.4 Å². The number of nitro groups is 1. The molecule has 1 aliphatic heterocycles. The lowest BCUT2D eigenvalue weighted by Crippen LogP contribution is -2.43. The number of amides is 1. The van der Waals surface area contributed by atoms with E-state index in [9.17, 15) is 14.9 Å². The van der Waals surface area contributed by atoms with Crippen LogP contribution in [0.25, 0.3) is 0 Å². The average molecular weight is 309 g/mol. The lowest BCUT2D eigenvalue weighted by Gasteiger charge is -2.33. The van der Waals surface area contributed by atoms with Gasteiger partial charge in [-0.25, -0.2) is 0 Å². The van der Waals surface area contributed by atoms with Gasteiger partial charge in [-0.3, -0.25) is 9.69 Å². The molecule has 1 aromatic rings. The van der Waals surface area contributed by atoms with E-state index in [0.717, 1.165) is 25.9 Å². The number of hydrogen-bond donors (Lipinski definition) is 0. The Morgan fingerprint density at radius 3 is 2.68 bits per heavy atom. The Labute approximate surface area is 129 Å². The van der Waals surface area contributed by atoms with Crippen LogP contribution in [0.3, 0.4) is 0 Å². The molecule has 122 valence electrons. The molecule has 1 saturated heterocycles. The van der Waals surface area contributed by atoms with Crippen LogP contribution < -0.4 is 0 Å². The Morgan fingerprint density at radius 1 is 1.50 bits per heavy atom. The second-order valence-corrected chi connectivity index (χ2v) is 6.02. The topological polar surface area (TPSA) is 84.5 Å². The quantitative estimate of drug-likeness (QED) is 0.605. The summed E-state index contributed by atoms with van der Waals surface area (Å²) < 4.78 is 1.39. The summed E-state index contributed by atoms with van der Waals surface area (Å²) >= 11 is 0. The maximum absolute atomic E-state index is 12.3. The van der Waals surface area contributed by atoms with Crippen LogP contribution in [0.5, 0.6) is 0 Å². The maximum Gasteiger partial charge on any atom is 0.346 e. The zero-order chi connectivity index (χ0) is 16.3. The molecule has 0 N–H and O–H groups in total. The van der Waals surface area contributed by atoms with Gasteiger partial charge in [-0.2, -0.15) is 0 Å². The van der Waals surface area contributed by atoms with Gasteiger partial charge in [-0.15, -0.1) is 4.68 Å².